The standard InChI is InChI=1S/C20H22N2O3/c1-3-15-9-11-17(12-10-15)22-18(13-19(23)25-2)20(24)21-14-16-7-5-4-6-8-16/h4-13,22H,3,14H2,1-2H3,(H,21,24)/b18-13-. The summed E-state index contributed by atoms with van der Waals surface area (Å²) >= 11 is 0. The van der Waals surface area contributed by atoms with Crippen LogP contribution >= 0.6 is 0 Å². The second kappa shape index (κ2) is 9.27. The Kier molecular flexibility index (Phi) is 6.77. The maximum Gasteiger partial charge on any atom is 0.332 e. The van der Waals surface area contributed by atoms with Crippen LogP contribution in [0.2, 0.25) is 0 Å². The van der Waals surface area contributed by atoms with Crippen molar-refractivity contribution in [3.63, 3.8) is 0 Å². The Balaban J connectivity index is 2.10. The van der Waals surface area contributed by atoms with Gasteiger partial charge in [0.25, 0.3) is 5.91 Å². The summed E-state index contributed by atoms with van der Waals surface area (Å²) < 4.78 is 4.63. The van der Waals surface area contributed by atoms with Gasteiger partial charge in [-0.25, -0.2) is 4.79 Å². The first kappa shape index (κ1) is 18.3. The van der Waals surface area contributed by atoms with Crippen LogP contribution < -0.4 is 10.6 Å². The molecule has 2 aromatic rings. The SMILES string of the molecule is CCc1ccc(N/C(=C\C(=O)OC)C(=O)NCc2ccccc2)cc1. The van der Waals surface area contributed by atoms with Gasteiger partial charge in [0.2, 0.25) is 0 Å². The van der Waals surface area contributed by atoms with Crippen LogP contribution in [0.4, 0.5) is 5.69 Å². The zero-order valence-electron chi connectivity index (χ0n) is 14.4. The van der Waals surface area contributed by atoms with Crippen LogP contribution in [0, 0.1) is 0 Å². The van der Waals surface area contributed by atoms with Crippen LogP contribution in [0.3, 0.4) is 0 Å². The van der Waals surface area contributed by atoms with E-state index in [0.29, 0.717) is 6.54 Å². The van der Waals surface area contributed by atoms with Crippen LogP contribution in [0.5, 0.6) is 0 Å². The van der Waals surface area contributed by atoms with Crippen molar-refractivity contribution in [1.29, 1.82) is 0 Å². The van der Waals surface area contributed by atoms with E-state index in [0.717, 1.165) is 23.7 Å². The van der Waals surface area contributed by atoms with Gasteiger partial charge in [-0.05, 0) is 29.7 Å². The molecule has 0 unspecified atom stereocenters. The molecule has 0 aromatic heterocycles. The summed E-state index contributed by atoms with van der Waals surface area (Å²) in [7, 11) is 1.27. The van der Waals surface area contributed by atoms with Crippen molar-refractivity contribution in [1.82, 2.24) is 5.32 Å². The van der Waals surface area contributed by atoms with Crippen molar-refractivity contribution in [3.8, 4) is 0 Å². The molecule has 2 N–H and O–H groups in total. The van der Waals surface area contributed by atoms with Crippen LogP contribution in [-0.4, -0.2) is 19.0 Å². The minimum Gasteiger partial charge on any atom is -0.466 e. The molecule has 0 saturated heterocycles. The lowest BCUT2D eigenvalue weighted by molar-refractivity contribution is -0.135. The predicted molar refractivity (Wildman–Crippen MR) is 97.8 cm³/mol. The lowest BCUT2D eigenvalue weighted by Gasteiger charge is -2.12. The number of nitrogens with one attached hydrogen (secondary N) is 2. The number of amides is 1. The van der Waals surface area contributed by atoms with Gasteiger partial charge in [0.15, 0.2) is 0 Å². The molecule has 130 valence electrons. The second-order valence-corrected chi connectivity index (χ2v) is 5.42. The van der Waals surface area contributed by atoms with E-state index >= 15 is 0 Å². The zero-order valence-corrected chi connectivity index (χ0v) is 14.4. The number of benzene rings is 2. The molecule has 0 aliphatic heterocycles. The molecule has 0 heterocycles. The minimum absolute atomic E-state index is 0.132. The van der Waals surface area contributed by atoms with Crippen molar-refractivity contribution in [2.75, 3.05) is 12.4 Å². The maximum atomic E-state index is 12.4. The number of carbonyl (C=O) groups excluding carboxylic acids is 2. The average Bonchev–Trinajstić information content (AvgIpc) is 2.66. The molecule has 0 spiro atoms. The van der Waals surface area contributed by atoms with Crippen molar-refractivity contribution in [2.24, 2.45) is 0 Å². The van der Waals surface area contributed by atoms with Gasteiger partial charge >= 0.3 is 5.97 Å². The number of methoxy groups -OCH3 is 1. The molecule has 0 radical (unpaired) electrons. The highest BCUT2D eigenvalue weighted by molar-refractivity contribution is 6.01. The fourth-order valence-corrected chi connectivity index (χ4v) is 2.19. The second-order valence-electron chi connectivity index (χ2n) is 5.42. The van der Waals surface area contributed by atoms with Gasteiger partial charge in [-0.15, -0.1) is 0 Å². The number of hydrogen-bond acceptors (Lipinski definition) is 4. The lowest BCUT2D eigenvalue weighted by Crippen LogP contribution is -2.28. The molecule has 5 nitrogen and oxygen atoms in total. The van der Waals surface area contributed by atoms with Crippen LogP contribution in [0.25, 0.3) is 0 Å². The molecule has 0 fully saturated rings. The monoisotopic (exact) mass is 338 g/mol. The molecule has 0 atom stereocenters. The van der Waals surface area contributed by atoms with Gasteiger partial charge in [0.05, 0.1) is 13.2 Å². The molecular weight excluding hydrogens is 316 g/mol. The number of esters is 1. The lowest BCUT2D eigenvalue weighted by atomic mass is 10.1. The predicted octanol–water partition coefficient (Wildman–Crippen LogP) is 3.03. The van der Waals surface area contributed by atoms with E-state index in [2.05, 4.69) is 22.3 Å². The molecular formula is C20H22N2O3. The molecule has 0 saturated carbocycles. The van der Waals surface area contributed by atoms with Gasteiger partial charge in [-0.3, -0.25) is 4.79 Å². The summed E-state index contributed by atoms with van der Waals surface area (Å²) in [6.45, 7) is 2.44. The topological polar surface area (TPSA) is 67.4 Å². The van der Waals surface area contributed by atoms with Crippen molar-refractivity contribution in [2.45, 2.75) is 19.9 Å². The average molecular weight is 338 g/mol. The Morgan fingerprint density at radius 1 is 1.00 bits per heavy atom. The number of anilines is 1. The number of rotatable bonds is 7. The first-order chi connectivity index (χ1) is 12.1. The van der Waals surface area contributed by atoms with Crippen molar-refractivity contribution >= 4 is 17.6 Å². The Hall–Kier alpha value is -3.08. The summed E-state index contributed by atoms with van der Waals surface area (Å²) in [5.41, 5.74) is 3.02. The normalized spacial score (nSPS) is 10.9. The number of ether oxygens (including phenoxy) is 1. The molecule has 0 bridgehead atoms. The summed E-state index contributed by atoms with van der Waals surface area (Å²) in [6.07, 6.45) is 2.08. The van der Waals surface area contributed by atoms with E-state index in [-0.39, 0.29) is 11.6 Å². The van der Waals surface area contributed by atoms with E-state index in [1.165, 1.54) is 12.7 Å². The molecule has 1 amide bonds. The summed E-state index contributed by atoms with van der Waals surface area (Å²) in [4.78, 5) is 24.0. The van der Waals surface area contributed by atoms with Gasteiger partial charge in [0, 0.05) is 12.2 Å². The summed E-state index contributed by atoms with van der Waals surface area (Å²) in [6, 6.07) is 17.2. The Morgan fingerprint density at radius 2 is 1.68 bits per heavy atom. The maximum absolute atomic E-state index is 12.4. The smallest absolute Gasteiger partial charge is 0.332 e. The fraction of sp³-hybridized carbons (Fsp3) is 0.200. The van der Waals surface area contributed by atoms with E-state index in [1.807, 2.05) is 54.6 Å². The summed E-state index contributed by atoms with van der Waals surface area (Å²) in [5, 5.41) is 5.77. The van der Waals surface area contributed by atoms with Gasteiger partial charge in [0.1, 0.15) is 5.70 Å². The Bertz CT molecular complexity index is 737. The fourth-order valence-electron chi connectivity index (χ4n) is 2.19. The molecule has 2 rings (SSSR count). The third-order valence-electron chi connectivity index (χ3n) is 3.65. The number of aryl methyl sites for hydroxylation is 1. The number of carbonyl (C=O) groups is 2. The van der Waals surface area contributed by atoms with E-state index in [9.17, 15) is 9.59 Å². The Labute approximate surface area is 147 Å². The number of hydrogen-bond donors (Lipinski definition) is 2. The van der Waals surface area contributed by atoms with E-state index in [4.69, 9.17) is 0 Å². The molecule has 2 aromatic carbocycles. The highest BCUT2D eigenvalue weighted by atomic mass is 16.5. The van der Waals surface area contributed by atoms with Gasteiger partial charge in [-0.2, -0.15) is 0 Å². The highest BCUT2D eigenvalue weighted by Gasteiger charge is 2.12. The molecule has 25 heavy (non-hydrogen) atoms. The highest BCUT2D eigenvalue weighted by Crippen LogP contribution is 2.13. The first-order valence-electron chi connectivity index (χ1n) is 8.10. The zero-order chi connectivity index (χ0) is 18.1. The third-order valence-corrected chi connectivity index (χ3v) is 3.65. The molecule has 0 aliphatic rings. The molecule has 0 aliphatic carbocycles. The minimum atomic E-state index is -0.595. The van der Waals surface area contributed by atoms with Gasteiger partial charge < -0.3 is 15.4 Å². The van der Waals surface area contributed by atoms with Gasteiger partial charge in [-0.1, -0.05) is 49.4 Å². The quantitative estimate of drug-likeness (QED) is 0.601. The Morgan fingerprint density at radius 3 is 2.28 bits per heavy atom. The summed E-state index contributed by atoms with van der Waals surface area (Å²) in [5.74, 6) is -0.976. The van der Waals surface area contributed by atoms with Crippen LogP contribution in [-0.2, 0) is 27.3 Å². The van der Waals surface area contributed by atoms with Crippen LogP contribution in [0.15, 0.2) is 66.4 Å². The van der Waals surface area contributed by atoms with E-state index < -0.39 is 5.97 Å². The first-order valence-corrected chi connectivity index (χ1v) is 8.10. The third kappa shape index (κ3) is 5.80. The largest absolute Gasteiger partial charge is 0.466 e. The van der Waals surface area contributed by atoms with Crippen molar-refractivity contribution in [3.05, 3.63) is 77.5 Å². The van der Waals surface area contributed by atoms with E-state index in [1.54, 1.807) is 0 Å². The molecule has 5 heteroatoms. The van der Waals surface area contributed by atoms with Crippen LogP contribution in [0.1, 0.15) is 18.1 Å². The van der Waals surface area contributed by atoms with Crippen molar-refractivity contribution < 1.29 is 14.3 Å².